The summed E-state index contributed by atoms with van der Waals surface area (Å²) >= 11 is 0. The van der Waals surface area contributed by atoms with E-state index in [-0.39, 0.29) is 26.2 Å². The van der Waals surface area contributed by atoms with Gasteiger partial charge in [0.25, 0.3) is 0 Å². The first-order valence-corrected chi connectivity index (χ1v) is 1.08. The fourth-order valence-corrected chi connectivity index (χ4v) is 0. The zero-order chi connectivity index (χ0) is 5.41. The molecule has 0 fully saturated rings. The minimum atomic E-state index is 0. The molecule has 0 aliphatic rings. The number of hydrogen-bond acceptors (Lipinski definition) is 2. The van der Waals surface area contributed by atoms with E-state index >= 15 is 0 Å². The largest absolute Gasteiger partial charge is 2.00 e. The first kappa shape index (κ1) is 15.8. The van der Waals surface area contributed by atoms with Crippen molar-refractivity contribution in [2.24, 2.45) is 11.5 Å². The summed E-state index contributed by atoms with van der Waals surface area (Å²) in [5, 5.41) is 11.5. The summed E-state index contributed by atoms with van der Waals surface area (Å²) in [6.45, 7) is 0. The summed E-state index contributed by atoms with van der Waals surface area (Å²) in [6, 6.07) is 0. The fourth-order valence-electron chi connectivity index (χ4n) is 0. The van der Waals surface area contributed by atoms with Crippen molar-refractivity contribution in [2.75, 3.05) is 0 Å². The minimum absolute atomic E-state index is 0. The van der Waals surface area contributed by atoms with Crippen LogP contribution in [0.3, 0.4) is 0 Å². The monoisotopic (exact) mass is 176 g/mol. The maximum Gasteiger partial charge on any atom is 2.00 e. The molecular weight excluding hydrogens is 171 g/mol. The molecule has 0 aromatic heterocycles. The first-order chi connectivity index (χ1) is 2.83. The molecule has 7 heavy (non-hydrogen) atoms. The van der Waals surface area contributed by atoms with Gasteiger partial charge >= 0.3 is 26.2 Å². The second-order valence-electron chi connectivity index (χ2n) is 0.289. The van der Waals surface area contributed by atoms with Crippen molar-refractivity contribution in [3.05, 3.63) is 0 Å². The molecular formula is C2H6N4Zr. The molecule has 0 amide bonds. The van der Waals surface area contributed by atoms with Crippen molar-refractivity contribution in [2.45, 2.75) is 0 Å². The van der Waals surface area contributed by atoms with E-state index in [0.717, 1.165) is 0 Å². The molecule has 0 aromatic carbocycles. The van der Waals surface area contributed by atoms with Crippen molar-refractivity contribution in [3.63, 3.8) is 0 Å². The van der Waals surface area contributed by atoms with Gasteiger partial charge in [0, 0.05) is 0 Å². The maximum absolute atomic E-state index is 5.74. The molecule has 0 aromatic rings. The Balaban J connectivity index is -0.0000000400. The number of hydrogen-bond donors (Lipinski definition) is 4. The molecule has 5 heteroatoms. The van der Waals surface area contributed by atoms with Crippen LogP contribution >= 0.6 is 0 Å². The second-order valence-corrected chi connectivity index (χ2v) is 0.289. The van der Waals surface area contributed by atoms with Crippen LogP contribution in [0.2, 0.25) is 0 Å². The summed E-state index contributed by atoms with van der Waals surface area (Å²) in [5.41, 5.74) is 8.53. The van der Waals surface area contributed by atoms with Crippen LogP contribution in [0, 0.1) is 10.8 Å². The van der Waals surface area contributed by atoms with Crippen molar-refractivity contribution in [1.29, 1.82) is 10.8 Å². The van der Waals surface area contributed by atoms with Crippen molar-refractivity contribution < 1.29 is 26.2 Å². The van der Waals surface area contributed by atoms with Gasteiger partial charge in [0.2, 0.25) is 0 Å². The molecule has 38 valence electrons. The summed E-state index contributed by atoms with van der Waals surface area (Å²) in [5.74, 6) is 0. The summed E-state index contributed by atoms with van der Waals surface area (Å²) in [6.07, 6.45) is 3.00. The second kappa shape index (κ2) is 40.8. The van der Waals surface area contributed by atoms with Crippen LogP contribution in [-0.4, -0.2) is 12.7 Å². The van der Waals surface area contributed by atoms with E-state index in [0.29, 0.717) is 0 Å². The van der Waals surface area contributed by atoms with Gasteiger partial charge in [-0.2, -0.15) is 0 Å². The number of rotatable bonds is 0. The van der Waals surface area contributed by atoms with E-state index in [1.807, 2.05) is 0 Å². The summed E-state index contributed by atoms with van der Waals surface area (Å²) in [4.78, 5) is 0. The zero-order valence-corrected chi connectivity index (χ0v) is 6.11. The molecule has 4 nitrogen and oxygen atoms in total. The molecule has 0 saturated carbocycles. The van der Waals surface area contributed by atoms with Gasteiger partial charge in [0.1, 0.15) is 0 Å². The Bertz CT molecular complexity index is 30.7. The topological polar surface area (TPSA) is 99.7 Å². The van der Waals surface area contributed by atoms with Crippen LogP contribution in [0.1, 0.15) is 0 Å². The standard InChI is InChI=1S/2CH3N2.Zr/c2*2-1-3;/h2*(H3,2,3);/q2*-1;+2. The summed E-state index contributed by atoms with van der Waals surface area (Å²) < 4.78 is 0. The van der Waals surface area contributed by atoms with Crippen molar-refractivity contribution >= 4 is 12.7 Å². The van der Waals surface area contributed by atoms with E-state index in [1.54, 1.807) is 0 Å². The Labute approximate surface area is 61.4 Å². The van der Waals surface area contributed by atoms with Gasteiger partial charge in [-0.05, 0) is 0 Å². The van der Waals surface area contributed by atoms with Gasteiger partial charge in [-0.25, -0.2) is 0 Å². The van der Waals surface area contributed by atoms with Crippen LogP contribution in [0.4, 0.5) is 0 Å². The van der Waals surface area contributed by atoms with E-state index in [9.17, 15) is 0 Å². The Morgan fingerprint density at radius 2 is 1.00 bits per heavy atom. The van der Waals surface area contributed by atoms with Crippen molar-refractivity contribution in [3.8, 4) is 0 Å². The number of nitrogens with two attached hydrogens (primary N) is 2. The Morgan fingerprint density at radius 1 is 1.00 bits per heavy atom. The maximum atomic E-state index is 5.74. The third-order valence-electron chi connectivity index (χ3n) is 0. The summed E-state index contributed by atoms with van der Waals surface area (Å²) in [7, 11) is 0. The smallest absolute Gasteiger partial charge is 0.563 e. The number of nitrogens with one attached hydrogen (secondary N) is 2. The molecule has 0 aliphatic heterocycles. The molecule has 0 unspecified atom stereocenters. The molecule has 0 saturated heterocycles. The Morgan fingerprint density at radius 3 is 1.00 bits per heavy atom. The average molecular weight is 177 g/mol. The van der Waals surface area contributed by atoms with Gasteiger partial charge in [0.15, 0.2) is 0 Å². The molecule has 0 rings (SSSR count). The van der Waals surface area contributed by atoms with Crippen molar-refractivity contribution in [1.82, 2.24) is 0 Å². The van der Waals surface area contributed by atoms with E-state index in [4.69, 9.17) is 10.8 Å². The fraction of sp³-hybridized carbons (Fsp3) is 0. The molecule has 0 bridgehead atoms. The predicted octanol–water partition coefficient (Wildman–Crippen LogP) is -1.14. The Hall–Kier alpha value is -0.177. The van der Waals surface area contributed by atoms with Crippen LogP contribution in [-0.2, 0) is 26.2 Å². The third-order valence-corrected chi connectivity index (χ3v) is 0. The molecule has 0 heterocycles. The van der Waals surface area contributed by atoms with Gasteiger partial charge in [-0.1, -0.05) is 0 Å². The molecule has 0 spiro atoms. The Kier molecular flexibility index (Phi) is 92.2. The van der Waals surface area contributed by atoms with Gasteiger partial charge in [0.05, 0.1) is 0 Å². The SMILES string of the molecule is N=[C-]N.N=[C-]N.[Zr+2]. The van der Waals surface area contributed by atoms with E-state index in [1.165, 1.54) is 12.7 Å². The van der Waals surface area contributed by atoms with Crippen LogP contribution in [0.5, 0.6) is 0 Å². The quantitative estimate of drug-likeness (QED) is 0.163. The minimum Gasteiger partial charge on any atom is -0.563 e. The predicted molar refractivity (Wildman–Crippen MR) is 23.8 cm³/mol. The molecule has 0 atom stereocenters. The first-order valence-electron chi connectivity index (χ1n) is 1.08. The molecule has 6 N–H and O–H groups in total. The van der Waals surface area contributed by atoms with E-state index < -0.39 is 0 Å². The average Bonchev–Trinajstić information content (AvgIpc) is 1.39. The van der Waals surface area contributed by atoms with Crippen LogP contribution < -0.4 is 11.5 Å². The van der Waals surface area contributed by atoms with Gasteiger partial charge in [-0.15, -0.1) is 0 Å². The molecule has 0 aliphatic carbocycles. The van der Waals surface area contributed by atoms with Gasteiger partial charge < -0.3 is 35.0 Å². The third kappa shape index (κ3) is 2720. The zero-order valence-electron chi connectivity index (χ0n) is 3.65. The normalized spacial score (nSPS) is 3.43. The van der Waals surface area contributed by atoms with Gasteiger partial charge in [-0.3, -0.25) is 0 Å². The van der Waals surface area contributed by atoms with Crippen LogP contribution in [0.25, 0.3) is 0 Å². The molecule has 0 radical (unpaired) electrons. The van der Waals surface area contributed by atoms with Crippen LogP contribution in [0.15, 0.2) is 0 Å². The van der Waals surface area contributed by atoms with E-state index in [2.05, 4.69) is 11.5 Å².